The minimum absolute atomic E-state index is 0.0230. The van der Waals surface area contributed by atoms with E-state index in [1.165, 1.54) is 12.0 Å². The van der Waals surface area contributed by atoms with Crippen molar-refractivity contribution in [1.82, 2.24) is 9.80 Å². The molecule has 3 aromatic carbocycles. The van der Waals surface area contributed by atoms with Gasteiger partial charge in [0.05, 0.1) is 22.2 Å². The van der Waals surface area contributed by atoms with Crippen molar-refractivity contribution in [3.8, 4) is 16.9 Å². The number of carboxylic acid groups (broad SMARTS) is 1. The van der Waals surface area contributed by atoms with Crippen LogP contribution in [0.5, 0.6) is 5.75 Å². The van der Waals surface area contributed by atoms with Crippen molar-refractivity contribution < 1.29 is 33.0 Å². The smallest absolute Gasteiger partial charge is 0.407 e. The van der Waals surface area contributed by atoms with E-state index in [1.54, 1.807) is 35.2 Å². The number of hydrogen-bond donors (Lipinski definition) is 2. The summed E-state index contributed by atoms with van der Waals surface area (Å²) in [5, 5.41) is 9.73. The number of methoxy groups -OCH3 is 1. The number of carbonyl (C=O) groups is 3. The Kier molecular flexibility index (Phi) is 10.3. The lowest BCUT2D eigenvalue weighted by atomic mass is 9.87. The standard InChI is InChI=1S/C36H38ClF2N3O5S/c1-36(2,3)19-42(35(45)46)25-12-10-24(11-13-25)41(34(44)32-30(37)29-26(38)14-15-27(39)31(29)48-32)18-23-17-22(9-16-28(23)47-4)20-5-7-21(8-6-20)33(40)43/h5-9,14-17,24-25H,10-13,18-19H2,1-4H3,(H2,40,43)(H,45,46). The number of primary amides is 1. The zero-order valence-electron chi connectivity index (χ0n) is 27.2. The molecule has 48 heavy (non-hydrogen) atoms. The third-order valence-corrected chi connectivity index (χ3v) is 10.4. The van der Waals surface area contributed by atoms with Crippen LogP contribution in [0.15, 0.2) is 54.6 Å². The molecule has 0 aliphatic heterocycles. The Labute approximate surface area is 287 Å². The summed E-state index contributed by atoms with van der Waals surface area (Å²) in [7, 11) is 1.53. The molecule has 0 spiro atoms. The molecular formula is C36H38ClF2N3O5S. The van der Waals surface area contributed by atoms with Crippen LogP contribution < -0.4 is 10.5 Å². The molecule has 1 aliphatic carbocycles. The Morgan fingerprint density at radius 3 is 2.06 bits per heavy atom. The average Bonchev–Trinajstić information content (AvgIpc) is 3.41. The van der Waals surface area contributed by atoms with Crippen molar-refractivity contribution in [2.24, 2.45) is 11.1 Å². The first-order valence-corrected chi connectivity index (χ1v) is 16.8. The molecule has 3 N–H and O–H groups in total. The number of rotatable bonds is 9. The van der Waals surface area contributed by atoms with Crippen molar-refractivity contribution in [2.45, 2.75) is 65.1 Å². The van der Waals surface area contributed by atoms with Gasteiger partial charge in [-0.1, -0.05) is 50.6 Å². The third-order valence-electron chi connectivity index (χ3n) is 8.70. The molecule has 12 heteroatoms. The van der Waals surface area contributed by atoms with Crippen LogP contribution in [0, 0.1) is 17.0 Å². The fourth-order valence-electron chi connectivity index (χ4n) is 6.37. The van der Waals surface area contributed by atoms with Gasteiger partial charge in [0.25, 0.3) is 5.91 Å². The van der Waals surface area contributed by atoms with Gasteiger partial charge in [-0.2, -0.15) is 0 Å². The maximum atomic E-state index is 14.8. The number of nitrogens with two attached hydrogens (primary N) is 1. The lowest BCUT2D eigenvalue weighted by Gasteiger charge is -2.41. The SMILES string of the molecule is COc1ccc(-c2ccc(C(N)=O)cc2)cc1CN(C(=O)c1sc2c(F)ccc(F)c2c1Cl)C1CCC(N(CC(C)(C)C)C(=O)O)CC1. The van der Waals surface area contributed by atoms with E-state index in [1.807, 2.05) is 32.9 Å². The summed E-state index contributed by atoms with van der Waals surface area (Å²) in [4.78, 5) is 41.4. The van der Waals surface area contributed by atoms with E-state index in [4.69, 9.17) is 22.1 Å². The Morgan fingerprint density at radius 1 is 0.938 bits per heavy atom. The summed E-state index contributed by atoms with van der Waals surface area (Å²) in [6.45, 7) is 6.43. The fourth-order valence-corrected chi connectivity index (χ4v) is 7.88. The van der Waals surface area contributed by atoms with Gasteiger partial charge in [-0.05, 0) is 78.6 Å². The van der Waals surface area contributed by atoms with Crippen LogP contribution in [-0.4, -0.2) is 58.6 Å². The molecule has 0 bridgehead atoms. The van der Waals surface area contributed by atoms with Gasteiger partial charge in [0.1, 0.15) is 22.3 Å². The summed E-state index contributed by atoms with van der Waals surface area (Å²) >= 11 is 7.41. The molecule has 8 nitrogen and oxygen atoms in total. The minimum atomic E-state index is -0.979. The molecule has 1 aliphatic rings. The number of amides is 3. The number of halogens is 3. The summed E-state index contributed by atoms with van der Waals surface area (Å²) < 4.78 is 35.2. The van der Waals surface area contributed by atoms with Gasteiger partial charge in [0, 0.05) is 36.3 Å². The first-order valence-electron chi connectivity index (χ1n) is 15.6. The molecule has 0 atom stereocenters. The van der Waals surface area contributed by atoms with Gasteiger partial charge < -0.3 is 25.4 Å². The van der Waals surface area contributed by atoms with E-state index in [0.717, 1.165) is 34.6 Å². The van der Waals surface area contributed by atoms with Crippen LogP contribution in [0.2, 0.25) is 5.02 Å². The summed E-state index contributed by atoms with van der Waals surface area (Å²) in [6, 6.07) is 13.8. The second-order valence-electron chi connectivity index (χ2n) is 13.3. The largest absolute Gasteiger partial charge is 0.496 e. The molecule has 0 saturated heterocycles. The normalized spacial score (nSPS) is 16.5. The number of thiophene rings is 1. The van der Waals surface area contributed by atoms with E-state index < -0.39 is 29.5 Å². The van der Waals surface area contributed by atoms with E-state index in [9.17, 15) is 28.3 Å². The number of benzene rings is 3. The van der Waals surface area contributed by atoms with Gasteiger partial charge >= 0.3 is 6.09 Å². The van der Waals surface area contributed by atoms with Crippen molar-refractivity contribution in [2.75, 3.05) is 13.7 Å². The summed E-state index contributed by atoms with van der Waals surface area (Å²) in [5.74, 6) is -1.88. The van der Waals surface area contributed by atoms with Crippen molar-refractivity contribution in [1.29, 1.82) is 0 Å². The quantitative estimate of drug-likeness (QED) is 0.182. The molecule has 3 amide bonds. The highest BCUT2D eigenvalue weighted by Crippen LogP contribution is 2.41. The number of nitrogens with zero attached hydrogens (tertiary/aromatic N) is 2. The number of ether oxygens (including phenoxy) is 1. The summed E-state index contributed by atoms with van der Waals surface area (Å²) in [5.41, 5.74) is 7.85. The maximum absolute atomic E-state index is 14.8. The zero-order chi connectivity index (χ0) is 34.9. The minimum Gasteiger partial charge on any atom is -0.496 e. The number of carbonyl (C=O) groups excluding carboxylic acids is 2. The van der Waals surface area contributed by atoms with Crippen LogP contribution >= 0.6 is 22.9 Å². The highest BCUT2D eigenvalue weighted by atomic mass is 35.5. The lowest BCUT2D eigenvalue weighted by molar-refractivity contribution is 0.0492. The molecule has 1 aromatic heterocycles. The Hall–Kier alpha value is -4.22. The average molecular weight is 698 g/mol. The molecular weight excluding hydrogens is 660 g/mol. The van der Waals surface area contributed by atoms with E-state index in [2.05, 4.69) is 0 Å². The number of hydrogen-bond acceptors (Lipinski definition) is 5. The van der Waals surface area contributed by atoms with Crippen LogP contribution in [0.1, 0.15) is 72.0 Å². The Morgan fingerprint density at radius 2 is 1.52 bits per heavy atom. The number of fused-ring (bicyclic) bond motifs is 1. The molecule has 4 aromatic rings. The van der Waals surface area contributed by atoms with Gasteiger partial charge in [-0.3, -0.25) is 9.59 Å². The van der Waals surface area contributed by atoms with Gasteiger partial charge in [-0.25, -0.2) is 13.6 Å². The lowest BCUT2D eigenvalue weighted by Crippen LogP contribution is -2.49. The predicted molar refractivity (Wildman–Crippen MR) is 184 cm³/mol. The van der Waals surface area contributed by atoms with Gasteiger partial charge in [-0.15, -0.1) is 11.3 Å². The van der Waals surface area contributed by atoms with Gasteiger partial charge in [0.2, 0.25) is 5.91 Å². The predicted octanol–water partition coefficient (Wildman–Crippen LogP) is 8.59. The topological polar surface area (TPSA) is 113 Å². The van der Waals surface area contributed by atoms with Crippen LogP contribution in [0.25, 0.3) is 21.2 Å². The molecule has 1 heterocycles. The van der Waals surface area contributed by atoms with Crippen molar-refractivity contribution >= 4 is 50.9 Å². The first kappa shape index (κ1) is 35.1. The van der Waals surface area contributed by atoms with Crippen LogP contribution in [0.4, 0.5) is 13.6 Å². The van der Waals surface area contributed by atoms with Crippen molar-refractivity contribution in [3.63, 3.8) is 0 Å². The molecule has 0 radical (unpaired) electrons. The van der Waals surface area contributed by atoms with Crippen LogP contribution in [0.3, 0.4) is 0 Å². The molecule has 1 fully saturated rings. The van der Waals surface area contributed by atoms with E-state index in [-0.39, 0.29) is 44.0 Å². The summed E-state index contributed by atoms with van der Waals surface area (Å²) in [6.07, 6.45) is 1.10. The molecule has 1 saturated carbocycles. The van der Waals surface area contributed by atoms with Crippen molar-refractivity contribution in [3.05, 3.63) is 87.3 Å². The zero-order valence-corrected chi connectivity index (χ0v) is 28.8. The van der Waals surface area contributed by atoms with Gasteiger partial charge in [0.15, 0.2) is 0 Å². The second kappa shape index (κ2) is 14.1. The molecule has 254 valence electrons. The highest BCUT2D eigenvalue weighted by molar-refractivity contribution is 7.21. The third kappa shape index (κ3) is 7.42. The Balaban J connectivity index is 1.52. The first-order chi connectivity index (χ1) is 22.7. The van der Waals surface area contributed by atoms with Crippen LogP contribution in [-0.2, 0) is 6.54 Å². The highest BCUT2D eigenvalue weighted by Gasteiger charge is 2.36. The maximum Gasteiger partial charge on any atom is 0.407 e. The molecule has 5 rings (SSSR count). The van der Waals surface area contributed by atoms with E-state index >= 15 is 0 Å². The Bertz CT molecular complexity index is 1850. The molecule has 0 unspecified atom stereocenters. The second-order valence-corrected chi connectivity index (χ2v) is 14.7. The fraction of sp³-hybridized carbons (Fsp3) is 0.361. The monoisotopic (exact) mass is 697 g/mol. The van der Waals surface area contributed by atoms with E-state index in [0.29, 0.717) is 49.1 Å².